The fourth-order valence-corrected chi connectivity index (χ4v) is 3.79. The Morgan fingerprint density at radius 1 is 1.48 bits per heavy atom. The Balaban J connectivity index is 1.73. The fraction of sp³-hybridized carbons (Fsp3) is 0.733. The van der Waals surface area contributed by atoms with Gasteiger partial charge in [0.25, 0.3) is 0 Å². The number of hydrogen-bond donors (Lipinski definition) is 1. The summed E-state index contributed by atoms with van der Waals surface area (Å²) in [5.41, 5.74) is 7.96. The molecule has 1 aromatic heterocycles. The Labute approximate surface area is 130 Å². The van der Waals surface area contributed by atoms with Crippen molar-refractivity contribution in [2.45, 2.75) is 45.4 Å². The maximum atomic E-state index is 12.2. The highest BCUT2D eigenvalue weighted by Gasteiger charge is 2.24. The van der Waals surface area contributed by atoms with E-state index < -0.39 is 0 Å². The molecule has 2 rings (SSSR count). The highest BCUT2D eigenvalue weighted by Crippen LogP contribution is 2.22. The summed E-state index contributed by atoms with van der Waals surface area (Å²) in [6.45, 7) is 7.60. The Morgan fingerprint density at radius 2 is 2.14 bits per heavy atom. The third-order valence-electron chi connectivity index (χ3n) is 4.29. The highest BCUT2D eigenvalue weighted by atomic mass is 32.2. The molecule has 1 atom stereocenters. The van der Waals surface area contributed by atoms with Gasteiger partial charge in [0.2, 0.25) is 5.91 Å². The van der Waals surface area contributed by atoms with E-state index in [1.54, 1.807) is 11.8 Å². The minimum absolute atomic E-state index is 0.231. The van der Waals surface area contributed by atoms with E-state index in [-0.39, 0.29) is 11.9 Å². The largest absolute Gasteiger partial charge is 0.361 e. The average molecular weight is 311 g/mol. The smallest absolute Gasteiger partial charge is 0.232 e. The molecule has 0 aliphatic carbocycles. The standard InChI is InChI=1S/C15H25N3O2S/c1-10(16)13-4-6-18(7-5-13)15(19)9-21-8-14-11(2)17-20-12(14)3/h10,13H,4-9,16H2,1-3H3. The minimum Gasteiger partial charge on any atom is -0.361 e. The van der Waals surface area contributed by atoms with Gasteiger partial charge in [0, 0.05) is 30.4 Å². The number of carbonyl (C=O) groups is 1. The number of nitrogens with zero attached hydrogens (tertiary/aromatic N) is 2. The van der Waals surface area contributed by atoms with Crippen LogP contribution in [0.25, 0.3) is 0 Å². The first-order valence-corrected chi connectivity index (χ1v) is 8.67. The van der Waals surface area contributed by atoms with Crippen molar-refractivity contribution in [2.75, 3.05) is 18.8 Å². The Bertz CT molecular complexity index is 460. The number of aromatic nitrogens is 1. The lowest BCUT2D eigenvalue weighted by molar-refractivity contribution is -0.129. The van der Waals surface area contributed by atoms with Gasteiger partial charge in [-0.1, -0.05) is 5.16 Å². The van der Waals surface area contributed by atoms with E-state index >= 15 is 0 Å². The summed E-state index contributed by atoms with van der Waals surface area (Å²) < 4.78 is 5.13. The van der Waals surface area contributed by atoms with Crippen LogP contribution >= 0.6 is 11.8 Å². The molecule has 118 valence electrons. The number of carbonyl (C=O) groups excluding carboxylic acids is 1. The van der Waals surface area contributed by atoms with E-state index in [1.165, 1.54) is 0 Å². The zero-order chi connectivity index (χ0) is 15.4. The molecule has 0 radical (unpaired) electrons. The number of piperidine rings is 1. The van der Waals surface area contributed by atoms with Crippen LogP contribution in [-0.4, -0.2) is 40.8 Å². The van der Waals surface area contributed by atoms with Gasteiger partial charge in [0.1, 0.15) is 5.76 Å². The predicted molar refractivity (Wildman–Crippen MR) is 85.1 cm³/mol. The lowest BCUT2D eigenvalue weighted by Gasteiger charge is -2.33. The molecular weight excluding hydrogens is 286 g/mol. The van der Waals surface area contributed by atoms with Crippen LogP contribution in [0.15, 0.2) is 4.52 Å². The van der Waals surface area contributed by atoms with Crippen molar-refractivity contribution in [3.8, 4) is 0 Å². The molecule has 1 aromatic rings. The molecule has 1 aliphatic rings. The van der Waals surface area contributed by atoms with Crippen LogP contribution in [0.3, 0.4) is 0 Å². The third kappa shape index (κ3) is 4.23. The molecule has 0 spiro atoms. The summed E-state index contributed by atoms with van der Waals surface area (Å²) in [7, 11) is 0. The van der Waals surface area contributed by atoms with Crippen LogP contribution in [0.5, 0.6) is 0 Å². The maximum absolute atomic E-state index is 12.2. The second kappa shape index (κ2) is 7.31. The Hall–Kier alpha value is -1.01. The molecule has 1 aliphatic heterocycles. The SMILES string of the molecule is Cc1noc(C)c1CSCC(=O)N1CCC(C(C)N)CC1. The van der Waals surface area contributed by atoms with Crippen LogP contribution in [0.2, 0.25) is 0 Å². The van der Waals surface area contributed by atoms with Crippen molar-refractivity contribution in [3.05, 3.63) is 17.0 Å². The minimum atomic E-state index is 0.231. The van der Waals surface area contributed by atoms with Crippen molar-refractivity contribution in [2.24, 2.45) is 11.7 Å². The molecule has 0 saturated carbocycles. The van der Waals surface area contributed by atoms with Crippen LogP contribution < -0.4 is 5.73 Å². The lowest BCUT2D eigenvalue weighted by atomic mass is 9.91. The topological polar surface area (TPSA) is 72.4 Å². The summed E-state index contributed by atoms with van der Waals surface area (Å²) in [6, 6.07) is 0.233. The van der Waals surface area contributed by atoms with Gasteiger partial charge in [-0.15, -0.1) is 11.8 Å². The van der Waals surface area contributed by atoms with Gasteiger partial charge in [0.15, 0.2) is 0 Å². The number of amides is 1. The van der Waals surface area contributed by atoms with E-state index in [9.17, 15) is 4.79 Å². The van der Waals surface area contributed by atoms with Crippen molar-refractivity contribution < 1.29 is 9.32 Å². The van der Waals surface area contributed by atoms with Gasteiger partial charge in [-0.2, -0.15) is 0 Å². The summed E-state index contributed by atoms with van der Waals surface area (Å²) in [6.07, 6.45) is 2.05. The van der Waals surface area contributed by atoms with Crippen LogP contribution in [0.4, 0.5) is 0 Å². The number of aryl methyl sites for hydroxylation is 2. The molecule has 2 N–H and O–H groups in total. The van der Waals surface area contributed by atoms with Gasteiger partial charge >= 0.3 is 0 Å². The van der Waals surface area contributed by atoms with Crippen molar-refractivity contribution in [1.29, 1.82) is 0 Å². The summed E-state index contributed by atoms with van der Waals surface area (Å²) in [5, 5.41) is 3.93. The van der Waals surface area contributed by atoms with E-state index in [1.807, 2.05) is 18.7 Å². The zero-order valence-electron chi connectivity index (χ0n) is 13.1. The van der Waals surface area contributed by atoms with E-state index in [0.717, 1.165) is 48.7 Å². The first kappa shape index (κ1) is 16.4. The first-order valence-electron chi connectivity index (χ1n) is 7.52. The molecule has 21 heavy (non-hydrogen) atoms. The molecule has 1 amide bonds. The molecular formula is C15H25N3O2S. The Kier molecular flexibility index (Phi) is 5.70. The molecule has 0 bridgehead atoms. The molecule has 1 unspecified atom stereocenters. The number of nitrogens with two attached hydrogens (primary N) is 1. The predicted octanol–water partition coefficient (Wildman–Crippen LogP) is 2.11. The Morgan fingerprint density at radius 3 is 2.67 bits per heavy atom. The molecule has 5 nitrogen and oxygen atoms in total. The maximum Gasteiger partial charge on any atom is 0.232 e. The summed E-state index contributed by atoms with van der Waals surface area (Å²) in [4.78, 5) is 14.2. The average Bonchev–Trinajstić information content (AvgIpc) is 2.79. The molecule has 1 saturated heterocycles. The lowest BCUT2D eigenvalue weighted by Crippen LogP contribution is -2.43. The van der Waals surface area contributed by atoms with Gasteiger partial charge in [-0.3, -0.25) is 4.79 Å². The first-order chi connectivity index (χ1) is 9.99. The number of hydrogen-bond acceptors (Lipinski definition) is 5. The number of thioether (sulfide) groups is 1. The van der Waals surface area contributed by atoms with Crippen molar-refractivity contribution in [3.63, 3.8) is 0 Å². The van der Waals surface area contributed by atoms with Crippen LogP contribution in [0.1, 0.15) is 36.8 Å². The monoisotopic (exact) mass is 311 g/mol. The van der Waals surface area contributed by atoms with Crippen molar-refractivity contribution >= 4 is 17.7 Å². The molecule has 0 aromatic carbocycles. The summed E-state index contributed by atoms with van der Waals surface area (Å²) in [5.74, 6) is 2.94. The van der Waals surface area contributed by atoms with E-state index in [2.05, 4.69) is 12.1 Å². The highest BCUT2D eigenvalue weighted by molar-refractivity contribution is 7.99. The second-order valence-electron chi connectivity index (χ2n) is 5.87. The molecule has 6 heteroatoms. The summed E-state index contributed by atoms with van der Waals surface area (Å²) >= 11 is 1.63. The van der Waals surface area contributed by atoms with E-state index in [0.29, 0.717) is 11.7 Å². The van der Waals surface area contributed by atoms with Crippen LogP contribution in [0, 0.1) is 19.8 Å². The fourth-order valence-electron chi connectivity index (χ4n) is 2.71. The quantitative estimate of drug-likeness (QED) is 0.901. The molecule has 2 heterocycles. The molecule has 1 fully saturated rings. The van der Waals surface area contributed by atoms with E-state index in [4.69, 9.17) is 10.3 Å². The zero-order valence-corrected chi connectivity index (χ0v) is 13.9. The van der Waals surface area contributed by atoms with Crippen LogP contribution in [-0.2, 0) is 10.5 Å². The van der Waals surface area contributed by atoms with Gasteiger partial charge in [-0.05, 0) is 39.5 Å². The normalized spacial score (nSPS) is 18.0. The second-order valence-corrected chi connectivity index (χ2v) is 6.86. The number of likely N-dealkylation sites (tertiary alicyclic amines) is 1. The van der Waals surface area contributed by atoms with Gasteiger partial charge in [0.05, 0.1) is 11.4 Å². The van der Waals surface area contributed by atoms with Gasteiger partial charge < -0.3 is 15.2 Å². The van der Waals surface area contributed by atoms with Gasteiger partial charge in [-0.25, -0.2) is 0 Å². The number of rotatable bonds is 5. The van der Waals surface area contributed by atoms with Crippen molar-refractivity contribution in [1.82, 2.24) is 10.1 Å². The third-order valence-corrected chi connectivity index (χ3v) is 5.23.